The van der Waals surface area contributed by atoms with Gasteiger partial charge in [0.15, 0.2) is 0 Å². The van der Waals surface area contributed by atoms with Gasteiger partial charge in [-0.1, -0.05) is 135 Å². The lowest BCUT2D eigenvalue weighted by atomic mass is 9.83. The van der Waals surface area contributed by atoms with Gasteiger partial charge >= 0.3 is 0 Å². The third kappa shape index (κ3) is 7.32. The van der Waals surface area contributed by atoms with Gasteiger partial charge in [0.05, 0.1) is 10.9 Å². The molecule has 0 bridgehead atoms. The molecule has 7 rings (SSSR count). The maximum absolute atomic E-state index is 14.3. The molecule has 0 atom stereocenters. The number of aromatic hydroxyl groups is 1. The molecule has 55 heavy (non-hydrogen) atoms. The number of nitrogens with zero attached hydrogens (tertiary/aromatic N) is 3. The van der Waals surface area contributed by atoms with Crippen LogP contribution in [-0.4, -0.2) is 20.8 Å². The maximum Gasteiger partial charge on any atom is 0.261 e. The molecule has 0 radical (unpaired) electrons. The molecule has 0 spiro atoms. The van der Waals surface area contributed by atoms with Crippen LogP contribution < -0.4 is 22.0 Å². The van der Waals surface area contributed by atoms with Crippen LogP contribution in [-0.2, 0) is 13.1 Å². The second-order valence-electron chi connectivity index (χ2n) is 16.0. The molecule has 2 aliphatic rings. The predicted molar refractivity (Wildman–Crippen MR) is 231 cm³/mol. The molecule has 2 heterocycles. The van der Waals surface area contributed by atoms with Crippen LogP contribution in [0.3, 0.4) is 0 Å². The van der Waals surface area contributed by atoms with Gasteiger partial charge in [0.2, 0.25) is 5.88 Å². The lowest BCUT2D eigenvalue weighted by molar-refractivity contribution is 0.406. The highest BCUT2D eigenvalue weighted by Gasteiger charge is 2.27. The van der Waals surface area contributed by atoms with E-state index >= 15 is 0 Å². The molecule has 290 valence electrons. The number of pyridine rings is 2. The van der Waals surface area contributed by atoms with E-state index in [-0.39, 0.29) is 22.6 Å². The van der Waals surface area contributed by atoms with Gasteiger partial charge in [-0.05, 0) is 65.1 Å². The van der Waals surface area contributed by atoms with Crippen molar-refractivity contribution in [2.45, 2.75) is 149 Å². The quantitative estimate of drug-likeness (QED) is 0.0451. The first-order chi connectivity index (χ1) is 26.9. The average Bonchev–Trinajstić information content (AvgIpc) is 3.20. The Bertz CT molecular complexity index is 2600. The fraction of sp³-hybridized carbons (Fsp3) is 0.500. The molecule has 1 aliphatic carbocycles. The highest BCUT2D eigenvalue weighted by Crippen LogP contribution is 2.45. The van der Waals surface area contributed by atoms with Crippen LogP contribution in [0.1, 0.15) is 136 Å². The molecule has 0 fully saturated rings. The Balaban J connectivity index is 1.42. The summed E-state index contributed by atoms with van der Waals surface area (Å²) in [4.78, 5) is 47.8. The minimum Gasteiger partial charge on any atom is -0.494 e. The first kappa shape index (κ1) is 38.7. The van der Waals surface area contributed by atoms with Gasteiger partial charge in [0, 0.05) is 57.5 Å². The molecule has 7 heteroatoms. The Morgan fingerprint density at radius 2 is 0.945 bits per heavy atom. The molecule has 0 unspecified atom stereocenters. The minimum absolute atomic E-state index is 0.0143. The fourth-order valence-electron chi connectivity index (χ4n) is 9.19. The lowest BCUT2D eigenvalue weighted by Gasteiger charge is -2.22. The summed E-state index contributed by atoms with van der Waals surface area (Å²) in [5.74, 6) is 0.0143. The Hall–Kier alpha value is -4.52. The van der Waals surface area contributed by atoms with Crippen molar-refractivity contribution in [2.24, 2.45) is 4.99 Å². The van der Waals surface area contributed by atoms with Crippen molar-refractivity contribution in [3.8, 4) is 17.0 Å². The third-order valence-corrected chi connectivity index (χ3v) is 12.2. The smallest absolute Gasteiger partial charge is 0.261 e. The van der Waals surface area contributed by atoms with Crippen LogP contribution in [0.25, 0.3) is 65.0 Å². The first-order valence-corrected chi connectivity index (χ1v) is 21.6. The number of aromatic nitrogens is 2. The number of benzene rings is 5. The van der Waals surface area contributed by atoms with Gasteiger partial charge in [-0.3, -0.25) is 28.5 Å². The number of rotatable bonds is 21. The van der Waals surface area contributed by atoms with Crippen molar-refractivity contribution >= 4 is 53.9 Å². The molecule has 7 nitrogen and oxygen atoms in total. The second kappa shape index (κ2) is 17.5. The zero-order valence-electron chi connectivity index (χ0n) is 33.4. The number of fused-ring (bicyclic) bond motifs is 2. The Morgan fingerprint density at radius 3 is 1.60 bits per heavy atom. The van der Waals surface area contributed by atoms with Crippen LogP contribution >= 0.6 is 0 Å². The summed E-state index contributed by atoms with van der Waals surface area (Å²) < 4.78 is 3.01. The molecule has 1 aliphatic heterocycles. The van der Waals surface area contributed by atoms with E-state index in [1.807, 2.05) is 42.5 Å². The summed E-state index contributed by atoms with van der Waals surface area (Å²) in [6.45, 7) is 8.17. The molecule has 5 aromatic rings. The standard InChI is InChI=1S/C48H59N3O4/c1-4-7-10-13-16-19-28-49-39-31-38-42-37(47(54)51(48(38)55)30-21-18-15-12-9-6-3)26-23-33-32-22-25-35-41-36(27-24-34(40(32)41)43(39)44(33)42)46(53)50(45(35)52)29-20-17-14-11-8-5-2/h22-27,31,52H,4-21,28-30H2,1-3H3. The summed E-state index contributed by atoms with van der Waals surface area (Å²) in [5.41, 5.74) is 0.607. The van der Waals surface area contributed by atoms with Crippen LogP contribution in [0.2, 0.25) is 0 Å². The van der Waals surface area contributed by atoms with E-state index in [1.165, 1.54) is 68.8 Å². The summed E-state index contributed by atoms with van der Waals surface area (Å²) >= 11 is 0. The average molecular weight is 742 g/mol. The van der Waals surface area contributed by atoms with Crippen molar-refractivity contribution in [3.63, 3.8) is 0 Å². The minimum atomic E-state index is -0.239. The van der Waals surface area contributed by atoms with Crippen LogP contribution in [0, 0.1) is 0 Å². The van der Waals surface area contributed by atoms with E-state index < -0.39 is 0 Å². The second-order valence-corrected chi connectivity index (χ2v) is 16.0. The Kier molecular flexibility index (Phi) is 12.3. The molecule has 0 saturated heterocycles. The molecule has 1 aromatic heterocycles. The van der Waals surface area contributed by atoms with Crippen molar-refractivity contribution in [3.05, 3.63) is 78.9 Å². The zero-order valence-corrected chi connectivity index (χ0v) is 33.4. The van der Waals surface area contributed by atoms with Crippen LogP contribution in [0.4, 0.5) is 0 Å². The number of hydrogen-bond acceptors (Lipinski definition) is 5. The van der Waals surface area contributed by atoms with Crippen molar-refractivity contribution in [1.29, 1.82) is 0 Å². The van der Waals surface area contributed by atoms with Crippen LogP contribution in [0.5, 0.6) is 5.88 Å². The van der Waals surface area contributed by atoms with Gasteiger partial charge in [-0.15, -0.1) is 0 Å². The summed E-state index contributed by atoms with van der Waals surface area (Å²) in [7, 11) is 0. The maximum atomic E-state index is 14.3. The third-order valence-electron chi connectivity index (χ3n) is 12.2. The van der Waals surface area contributed by atoms with Gasteiger partial charge in [0.1, 0.15) is 0 Å². The number of unbranched alkanes of at least 4 members (excludes halogenated alkanes) is 15. The lowest BCUT2D eigenvalue weighted by Crippen LogP contribution is -2.36. The van der Waals surface area contributed by atoms with Crippen molar-refractivity contribution in [2.75, 3.05) is 6.54 Å². The van der Waals surface area contributed by atoms with Gasteiger partial charge in [0.25, 0.3) is 16.7 Å². The molecule has 1 N–H and O–H groups in total. The Labute approximate surface area is 324 Å². The van der Waals surface area contributed by atoms with Gasteiger partial charge in [-0.2, -0.15) is 0 Å². The molecule has 0 saturated carbocycles. The monoisotopic (exact) mass is 741 g/mol. The summed E-state index contributed by atoms with van der Waals surface area (Å²) in [6, 6.07) is 13.8. The van der Waals surface area contributed by atoms with Crippen molar-refractivity contribution in [1.82, 2.24) is 9.13 Å². The first-order valence-electron chi connectivity index (χ1n) is 21.6. The van der Waals surface area contributed by atoms with E-state index in [2.05, 4.69) is 20.8 Å². The van der Waals surface area contributed by atoms with Gasteiger partial charge < -0.3 is 5.11 Å². The van der Waals surface area contributed by atoms with E-state index in [0.717, 1.165) is 94.4 Å². The summed E-state index contributed by atoms with van der Waals surface area (Å²) in [6.07, 6.45) is 20.0. The molecule has 4 aromatic carbocycles. The van der Waals surface area contributed by atoms with E-state index in [0.29, 0.717) is 46.9 Å². The Morgan fingerprint density at radius 1 is 0.473 bits per heavy atom. The number of hydrogen-bond donors (Lipinski definition) is 1. The topological polar surface area (TPSA) is 93.7 Å². The highest BCUT2D eigenvalue weighted by molar-refractivity contribution is 6.37. The fourth-order valence-corrected chi connectivity index (χ4v) is 9.19. The zero-order chi connectivity index (χ0) is 38.5. The van der Waals surface area contributed by atoms with Gasteiger partial charge in [-0.25, -0.2) is 0 Å². The normalized spacial score (nSPS) is 12.7. The summed E-state index contributed by atoms with van der Waals surface area (Å²) in [5, 5.41) is 20.5. The SMILES string of the molecule is CCCCCCCCN=c1cc2c(=O)n(CCCCCCCC)c(=O)c3ccc4c5ccc6c(O)n(CCCCCCCC)c(=O)c7ccc(c1c4c3-2)c5c67. The largest absolute Gasteiger partial charge is 0.494 e. The van der Waals surface area contributed by atoms with Crippen LogP contribution in [0.15, 0.2) is 61.8 Å². The molecular formula is C48H59N3O4. The van der Waals surface area contributed by atoms with E-state index in [4.69, 9.17) is 4.99 Å². The van der Waals surface area contributed by atoms with E-state index in [9.17, 15) is 19.5 Å². The predicted octanol–water partition coefficient (Wildman–Crippen LogP) is 11.2. The highest BCUT2D eigenvalue weighted by atomic mass is 16.3. The van der Waals surface area contributed by atoms with Crippen molar-refractivity contribution < 1.29 is 5.11 Å². The van der Waals surface area contributed by atoms with E-state index in [1.54, 1.807) is 4.57 Å². The molecular weight excluding hydrogens is 683 g/mol. The molecule has 0 amide bonds.